The van der Waals surface area contributed by atoms with Crippen molar-refractivity contribution in [2.75, 3.05) is 13.2 Å². The second-order valence-electron chi connectivity index (χ2n) is 7.80. The average Bonchev–Trinajstić information content (AvgIpc) is 3.36. The summed E-state index contributed by atoms with van der Waals surface area (Å²) in [7, 11) is 0. The molecular formula is C23H22N2O6. The van der Waals surface area contributed by atoms with Crippen LogP contribution in [0.25, 0.3) is 5.76 Å². The van der Waals surface area contributed by atoms with Gasteiger partial charge >= 0.3 is 0 Å². The molecule has 2 heterocycles. The number of hydrogen-bond acceptors (Lipinski definition) is 6. The van der Waals surface area contributed by atoms with Crippen LogP contribution in [0.15, 0.2) is 54.1 Å². The molecule has 2 fully saturated rings. The normalized spacial score (nSPS) is 22.8. The van der Waals surface area contributed by atoms with Gasteiger partial charge < -0.3 is 14.7 Å². The van der Waals surface area contributed by atoms with Gasteiger partial charge in [-0.15, -0.1) is 0 Å². The van der Waals surface area contributed by atoms with Gasteiger partial charge in [0.05, 0.1) is 22.6 Å². The number of benzene rings is 2. The number of aliphatic hydroxyl groups excluding tert-OH is 1. The molecule has 1 N–H and O–H groups in total. The summed E-state index contributed by atoms with van der Waals surface area (Å²) in [5.74, 6) is -1.76. The molecule has 0 bridgehead atoms. The fourth-order valence-corrected chi connectivity index (χ4v) is 4.07. The number of likely N-dealkylation sites (tertiary alicyclic amines) is 1. The van der Waals surface area contributed by atoms with E-state index in [1.54, 1.807) is 24.3 Å². The molecule has 2 atom stereocenters. The molecule has 8 nitrogen and oxygen atoms in total. The first-order valence-electron chi connectivity index (χ1n) is 10.1. The van der Waals surface area contributed by atoms with E-state index in [1.807, 2.05) is 6.92 Å². The first-order valence-corrected chi connectivity index (χ1v) is 10.1. The summed E-state index contributed by atoms with van der Waals surface area (Å²) in [4.78, 5) is 37.8. The minimum Gasteiger partial charge on any atom is -0.507 e. The van der Waals surface area contributed by atoms with Gasteiger partial charge in [0.25, 0.3) is 17.4 Å². The highest BCUT2D eigenvalue weighted by Gasteiger charge is 2.47. The topological polar surface area (TPSA) is 110 Å². The Labute approximate surface area is 178 Å². The molecule has 4 rings (SSSR count). The van der Waals surface area contributed by atoms with Gasteiger partial charge in [0.2, 0.25) is 0 Å². The Balaban J connectivity index is 1.81. The van der Waals surface area contributed by atoms with Crippen molar-refractivity contribution in [2.24, 2.45) is 0 Å². The van der Waals surface area contributed by atoms with Gasteiger partial charge in [-0.3, -0.25) is 19.7 Å². The van der Waals surface area contributed by atoms with E-state index in [1.165, 1.54) is 29.2 Å². The number of Topliss-reactive ketones (excluding diaryl/α,β-unsaturated/α-hetero) is 1. The summed E-state index contributed by atoms with van der Waals surface area (Å²) in [6, 6.07) is 11.8. The number of carbonyl (C=O) groups excluding carboxylic acids is 2. The SMILES string of the molecule is Cc1ccc(C(O)=C2C(=O)C(=O)N(C[C@H]3CCCO3)[C@@H]2c2ccc([N+](=O)[O-])cc2)cc1. The maximum atomic E-state index is 13.0. The van der Waals surface area contributed by atoms with Crippen LogP contribution < -0.4 is 0 Å². The van der Waals surface area contributed by atoms with E-state index in [2.05, 4.69) is 0 Å². The van der Waals surface area contributed by atoms with Crippen LogP contribution in [0.5, 0.6) is 0 Å². The number of nitrogens with zero attached hydrogens (tertiary/aromatic N) is 2. The number of hydrogen-bond donors (Lipinski definition) is 1. The fraction of sp³-hybridized carbons (Fsp3) is 0.304. The van der Waals surface area contributed by atoms with Crippen LogP contribution >= 0.6 is 0 Å². The second kappa shape index (κ2) is 8.31. The van der Waals surface area contributed by atoms with Crippen LogP contribution in [0.3, 0.4) is 0 Å². The first-order chi connectivity index (χ1) is 14.9. The van der Waals surface area contributed by atoms with E-state index in [0.717, 1.165) is 18.4 Å². The fourth-order valence-electron chi connectivity index (χ4n) is 4.07. The van der Waals surface area contributed by atoms with Crippen molar-refractivity contribution in [2.45, 2.75) is 31.9 Å². The van der Waals surface area contributed by atoms with Crippen LogP contribution in [-0.4, -0.2) is 45.9 Å². The van der Waals surface area contributed by atoms with E-state index in [4.69, 9.17) is 4.74 Å². The zero-order valence-electron chi connectivity index (χ0n) is 17.0. The summed E-state index contributed by atoms with van der Waals surface area (Å²) in [6.45, 7) is 2.71. The van der Waals surface area contributed by atoms with Crippen molar-refractivity contribution in [3.63, 3.8) is 0 Å². The smallest absolute Gasteiger partial charge is 0.295 e. The molecule has 0 spiro atoms. The van der Waals surface area contributed by atoms with Crippen molar-refractivity contribution in [1.82, 2.24) is 4.90 Å². The van der Waals surface area contributed by atoms with Gasteiger partial charge in [0.15, 0.2) is 0 Å². The lowest BCUT2D eigenvalue weighted by Crippen LogP contribution is -2.36. The molecule has 2 aromatic rings. The highest BCUT2D eigenvalue weighted by atomic mass is 16.6. The zero-order chi connectivity index (χ0) is 22.1. The third kappa shape index (κ3) is 3.94. The number of rotatable bonds is 5. The van der Waals surface area contributed by atoms with Crippen molar-refractivity contribution in [3.8, 4) is 0 Å². The van der Waals surface area contributed by atoms with Crippen molar-refractivity contribution < 1.29 is 24.4 Å². The molecule has 160 valence electrons. The average molecular weight is 422 g/mol. The lowest BCUT2D eigenvalue weighted by atomic mass is 9.94. The maximum absolute atomic E-state index is 13.0. The molecule has 2 aliphatic heterocycles. The van der Waals surface area contributed by atoms with E-state index in [0.29, 0.717) is 17.7 Å². The quantitative estimate of drug-likeness (QED) is 0.260. The van der Waals surface area contributed by atoms with Crippen molar-refractivity contribution in [3.05, 3.63) is 80.9 Å². The predicted octanol–water partition coefficient (Wildman–Crippen LogP) is 3.50. The van der Waals surface area contributed by atoms with Gasteiger partial charge in [0, 0.05) is 30.8 Å². The number of carbonyl (C=O) groups is 2. The van der Waals surface area contributed by atoms with E-state index in [-0.39, 0.29) is 29.7 Å². The van der Waals surface area contributed by atoms with E-state index in [9.17, 15) is 24.8 Å². The lowest BCUT2D eigenvalue weighted by Gasteiger charge is -2.27. The molecule has 2 saturated heterocycles. The lowest BCUT2D eigenvalue weighted by molar-refractivity contribution is -0.384. The summed E-state index contributed by atoms with van der Waals surface area (Å²) in [6.07, 6.45) is 1.45. The number of aliphatic hydroxyl groups is 1. The van der Waals surface area contributed by atoms with Gasteiger partial charge in [-0.05, 0) is 37.5 Å². The summed E-state index contributed by atoms with van der Waals surface area (Å²) in [5.41, 5.74) is 1.80. The number of ether oxygens (including phenoxy) is 1. The van der Waals surface area contributed by atoms with Gasteiger partial charge in [0.1, 0.15) is 5.76 Å². The predicted molar refractivity (Wildman–Crippen MR) is 112 cm³/mol. The molecule has 0 radical (unpaired) electrons. The highest BCUT2D eigenvalue weighted by molar-refractivity contribution is 6.46. The Bertz CT molecular complexity index is 1050. The first kappa shape index (κ1) is 20.7. The summed E-state index contributed by atoms with van der Waals surface area (Å²) in [5, 5.41) is 22.0. The number of nitro benzene ring substituents is 1. The second-order valence-corrected chi connectivity index (χ2v) is 7.80. The van der Waals surface area contributed by atoms with Crippen molar-refractivity contribution in [1.29, 1.82) is 0 Å². The van der Waals surface area contributed by atoms with Gasteiger partial charge in [-0.25, -0.2) is 0 Å². The molecule has 0 unspecified atom stereocenters. The van der Waals surface area contributed by atoms with E-state index < -0.39 is 22.7 Å². The zero-order valence-corrected chi connectivity index (χ0v) is 17.0. The Morgan fingerprint density at radius 2 is 1.84 bits per heavy atom. The molecule has 2 aliphatic rings. The Morgan fingerprint density at radius 1 is 1.16 bits per heavy atom. The monoisotopic (exact) mass is 422 g/mol. The number of non-ortho nitro benzene ring substituents is 1. The van der Waals surface area contributed by atoms with Crippen LogP contribution in [0.2, 0.25) is 0 Å². The molecule has 0 aromatic heterocycles. The molecule has 1 amide bonds. The highest BCUT2D eigenvalue weighted by Crippen LogP contribution is 2.40. The van der Waals surface area contributed by atoms with Crippen LogP contribution in [-0.2, 0) is 14.3 Å². The standard InChI is InChI=1S/C23H22N2O6/c1-14-4-6-16(7-5-14)21(26)19-20(15-8-10-17(11-9-15)25(29)30)24(23(28)22(19)27)13-18-3-2-12-31-18/h4-11,18,20,26H,2-3,12-13H2,1H3/t18-,20-/m1/s1. The van der Waals surface area contributed by atoms with Gasteiger partial charge in [-0.1, -0.05) is 29.8 Å². The number of ketones is 1. The summed E-state index contributed by atoms with van der Waals surface area (Å²) < 4.78 is 5.65. The Morgan fingerprint density at radius 3 is 2.42 bits per heavy atom. The maximum Gasteiger partial charge on any atom is 0.295 e. The minimum atomic E-state index is -0.855. The minimum absolute atomic E-state index is 0.0271. The number of aryl methyl sites for hydroxylation is 1. The van der Waals surface area contributed by atoms with Crippen molar-refractivity contribution >= 4 is 23.1 Å². The molecule has 2 aromatic carbocycles. The van der Waals surface area contributed by atoms with Gasteiger partial charge in [-0.2, -0.15) is 0 Å². The Kier molecular flexibility index (Phi) is 5.56. The van der Waals surface area contributed by atoms with Crippen LogP contribution in [0.4, 0.5) is 5.69 Å². The third-order valence-corrected chi connectivity index (χ3v) is 5.71. The Hall–Kier alpha value is -3.52. The molecular weight excluding hydrogens is 400 g/mol. The molecule has 8 heteroatoms. The third-order valence-electron chi connectivity index (χ3n) is 5.71. The largest absolute Gasteiger partial charge is 0.507 e. The number of nitro groups is 1. The summed E-state index contributed by atoms with van der Waals surface area (Å²) >= 11 is 0. The van der Waals surface area contributed by atoms with Crippen LogP contribution in [0, 0.1) is 17.0 Å². The molecule has 0 aliphatic carbocycles. The van der Waals surface area contributed by atoms with Crippen LogP contribution in [0.1, 0.15) is 35.6 Å². The number of amides is 1. The van der Waals surface area contributed by atoms with E-state index >= 15 is 0 Å². The molecule has 0 saturated carbocycles. The molecule has 31 heavy (non-hydrogen) atoms.